The second-order valence-corrected chi connectivity index (χ2v) is 7.35. The Balaban J connectivity index is 1.74. The van der Waals surface area contributed by atoms with Crippen molar-refractivity contribution in [2.75, 3.05) is 7.05 Å². The Morgan fingerprint density at radius 3 is 2.52 bits per heavy atom. The van der Waals surface area contributed by atoms with E-state index in [1.807, 2.05) is 60.8 Å². The minimum Gasteiger partial charge on any atom is -0.464 e. The molecular formula is C21H22N2O3S. The average Bonchev–Trinajstić information content (AvgIpc) is 3.33. The van der Waals surface area contributed by atoms with E-state index in [0.29, 0.717) is 23.6 Å². The number of hydrogen-bond acceptors (Lipinski definition) is 4. The van der Waals surface area contributed by atoms with Gasteiger partial charge in [0.25, 0.3) is 5.91 Å². The molecule has 0 aliphatic carbocycles. The van der Waals surface area contributed by atoms with Gasteiger partial charge in [0.15, 0.2) is 0 Å². The summed E-state index contributed by atoms with van der Waals surface area (Å²) in [5.41, 5.74) is 0.990. The van der Waals surface area contributed by atoms with Gasteiger partial charge in [-0.25, -0.2) is 0 Å². The van der Waals surface area contributed by atoms with Crippen molar-refractivity contribution in [3.63, 3.8) is 0 Å². The van der Waals surface area contributed by atoms with Crippen molar-refractivity contribution >= 4 is 23.2 Å². The Morgan fingerprint density at radius 1 is 1.11 bits per heavy atom. The van der Waals surface area contributed by atoms with E-state index in [1.54, 1.807) is 18.0 Å². The van der Waals surface area contributed by atoms with Gasteiger partial charge < -0.3 is 14.6 Å². The Bertz CT molecular complexity index is 887. The largest absolute Gasteiger partial charge is 0.464 e. The molecule has 0 fully saturated rings. The van der Waals surface area contributed by atoms with Gasteiger partial charge in [-0.3, -0.25) is 9.59 Å². The fourth-order valence-electron chi connectivity index (χ4n) is 2.83. The minimum absolute atomic E-state index is 0.155. The van der Waals surface area contributed by atoms with Crippen molar-refractivity contribution in [2.45, 2.75) is 25.9 Å². The number of carbonyl (C=O) groups excluding carboxylic acids is 2. The van der Waals surface area contributed by atoms with Crippen molar-refractivity contribution in [1.82, 2.24) is 10.2 Å². The minimum atomic E-state index is -0.650. The lowest BCUT2D eigenvalue weighted by Crippen LogP contribution is -2.48. The molecule has 1 N–H and O–H groups in total. The Kier molecular flexibility index (Phi) is 6.08. The summed E-state index contributed by atoms with van der Waals surface area (Å²) in [5.74, 6) is 1.13. The van der Waals surface area contributed by atoms with Crippen molar-refractivity contribution in [3.8, 4) is 0 Å². The summed E-state index contributed by atoms with van der Waals surface area (Å²) >= 11 is 1.35. The van der Waals surface area contributed by atoms with Gasteiger partial charge in [0.2, 0.25) is 5.91 Å². The first-order chi connectivity index (χ1) is 13.0. The molecule has 0 spiro atoms. The highest BCUT2D eigenvalue weighted by Gasteiger charge is 2.25. The smallest absolute Gasteiger partial charge is 0.262 e. The van der Waals surface area contributed by atoms with Gasteiger partial charge >= 0.3 is 0 Å². The molecular weight excluding hydrogens is 360 g/mol. The third-order valence-electron chi connectivity index (χ3n) is 4.20. The normalized spacial score (nSPS) is 11.8. The van der Waals surface area contributed by atoms with Gasteiger partial charge in [0.05, 0.1) is 11.4 Å². The molecule has 1 atom stereocenters. The number of carbonyl (C=O) groups is 2. The van der Waals surface area contributed by atoms with Crippen LogP contribution in [0.4, 0.5) is 0 Å². The van der Waals surface area contributed by atoms with E-state index in [1.165, 1.54) is 11.3 Å². The number of hydrogen-bond donors (Lipinski definition) is 1. The molecule has 0 aliphatic heterocycles. The maximum absolute atomic E-state index is 13.0. The van der Waals surface area contributed by atoms with E-state index in [0.717, 1.165) is 11.3 Å². The molecule has 0 saturated carbocycles. The topological polar surface area (TPSA) is 62.6 Å². The average molecular weight is 382 g/mol. The SMILES string of the molecule is Cc1ccc(CN(C)C(=O)C(Cc2ccccc2)NC(=O)c2cccs2)o1. The first kappa shape index (κ1) is 18.9. The number of likely N-dealkylation sites (N-methyl/N-ethyl adjacent to an activating group) is 1. The number of amides is 2. The van der Waals surface area contributed by atoms with Gasteiger partial charge in [-0.1, -0.05) is 36.4 Å². The highest BCUT2D eigenvalue weighted by atomic mass is 32.1. The van der Waals surface area contributed by atoms with Crippen LogP contribution in [0.25, 0.3) is 0 Å². The fraction of sp³-hybridized carbons (Fsp3) is 0.238. The van der Waals surface area contributed by atoms with Gasteiger partial charge in [0.1, 0.15) is 17.6 Å². The molecule has 0 bridgehead atoms. The monoisotopic (exact) mass is 382 g/mol. The molecule has 140 valence electrons. The summed E-state index contributed by atoms with van der Waals surface area (Å²) in [6, 6.07) is 16.3. The van der Waals surface area contributed by atoms with E-state index in [4.69, 9.17) is 4.42 Å². The first-order valence-electron chi connectivity index (χ1n) is 8.71. The molecule has 1 aromatic carbocycles. The number of furan rings is 1. The van der Waals surface area contributed by atoms with Crippen LogP contribution in [0.15, 0.2) is 64.4 Å². The van der Waals surface area contributed by atoms with Crippen LogP contribution >= 0.6 is 11.3 Å². The van der Waals surface area contributed by atoms with Crippen LogP contribution in [0.2, 0.25) is 0 Å². The van der Waals surface area contributed by atoms with E-state index in [-0.39, 0.29) is 11.8 Å². The third-order valence-corrected chi connectivity index (χ3v) is 5.06. The Hall–Kier alpha value is -2.86. The van der Waals surface area contributed by atoms with Gasteiger partial charge in [0, 0.05) is 13.5 Å². The summed E-state index contributed by atoms with van der Waals surface area (Å²) in [5, 5.41) is 4.73. The summed E-state index contributed by atoms with van der Waals surface area (Å²) in [7, 11) is 1.72. The molecule has 0 radical (unpaired) electrons. The van der Waals surface area contributed by atoms with Crippen LogP contribution in [0.3, 0.4) is 0 Å². The molecule has 6 heteroatoms. The van der Waals surface area contributed by atoms with Crippen molar-refractivity contribution in [3.05, 3.63) is 81.9 Å². The lowest BCUT2D eigenvalue weighted by molar-refractivity contribution is -0.132. The van der Waals surface area contributed by atoms with E-state index in [9.17, 15) is 9.59 Å². The van der Waals surface area contributed by atoms with Crippen LogP contribution in [0.5, 0.6) is 0 Å². The fourth-order valence-corrected chi connectivity index (χ4v) is 3.46. The molecule has 27 heavy (non-hydrogen) atoms. The zero-order chi connectivity index (χ0) is 19.2. The highest BCUT2D eigenvalue weighted by molar-refractivity contribution is 7.12. The van der Waals surface area contributed by atoms with Crippen LogP contribution in [0.1, 0.15) is 26.8 Å². The molecule has 2 aromatic heterocycles. The molecule has 0 aliphatic rings. The van der Waals surface area contributed by atoms with Crippen molar-refractivity contribution in [2.24, 2.45) is 0 Å². The second kappa shape index (κ2) is 8.68. The zero-order valence-electron chi connectivity index (χ0n) is 15.3. The predicted molar refractivity (Wildman–Crippen MR) is 106 cm³/mol. The number of nitrogens with zero attached hydrogens (tertiary/aromatic N) is 1. The quantitative estimate of drug-likeness (QED) is 0.678. The summed E-state index contributed by atoms with van der Waals surface area (Å²) in [6.07, 6.45) is 0.429. The van der Waals surface area contributed by atoms with Gasteiger partial charge in [-0.15, -0.1) is 11.3 Å². The number of benzene rings is 1. The number of rotatable bonds is 7. The van der Waals surface area contributed by atoms with Crippen LogP contribution in [-0.4, -0.2) is 29.8 Å². The summed E-state index contributed by atoms with van der Waals surface area (Å²) < 4.78 is 5.56. The molecule has 3 aromatic rings. The standard InChI is InChI=1S/C21H22N2O3S/c1-15-10-11-17(26-15)14-23(2)21(25)18(13-16-7-4-3-5-8-16)22-20(24)19-9-6-12-27-19/h3-12,18H,13-14H2,1-2H3,(H,22,24). The molecule has 3 rings (SSSR count). The van der Waals surface area contributed by atoms with Gasteiger partial charge in [-0.05, 0) is 36.1 Å². The van der Waals surface area contributed by atoms with Crippen molar-refractivity contribution < 1.29 is 14.0 Å². The molecule has 1 unspecified atom stereocenters. The molecule has 2 heterocycles. The number of thiophene rings is 1. The lowest BCUT2D eigenvalue weighted by atomic mass is 10.0. The number of nitrogens with one attached hydrogen (secondary N) is 1. The van der Waals surface area contributed by atoms with Gasteiger partial charge in [-0.2, -0.15) is 0 Å². The lowest BCUT2D eigenvalue weighted by Gasteiger charge is -2.24. The summed E-state index contributed by atoms with van der Waals surface area (Å²) in [4.78, 5) is 27.7. The first-order valence-corrected chi connectivity index (χ1v) is 9.59. The molecule has 2 amide bonds. The van der Waals surface area contributed by atoms with E-state index < -0.39 is 6.04 Å². The maximum Gasteiger partial charge on any atom is 0.262 e. The third kappa shape index (κ3) is 5.08. The Labute approximate surface area is 162 Å². The second-order valence-electron chi connectivity index (χ2n) is 6.40. The van der Waals surface area contributed by atoms with E-state index >= 15 is 0 Å². The van der Waals surface area contributed by atoms with Crippen LogP contribution < -0.4 is 5.32 Å². The van der Waals surface area contributed by atoms with Crippen LogP contribution in [-0.2, 0) is 17.8 Å². The van der Waals surface area contributed by atoms with Crippen molar-refractivity contribution in [1.29, 1.82) is 0 Å². The Morgan fingerprint density at radius 2 is 1.89 bits per heavy atom. The maximum atomic E-state index is 13.0. The molecule has 0 saturated heterocycles. The van der Waals surface area contributed by atoms with E-state index in [2.05, 4.69) is 5.32 Å². The number of aryl methyl sites for hydroxylation is 1. The summed E-state index contributed by atoms with van der Waals surface area (Å²) in [6.45, 7) is 2.22. The molecule has 5 nitrogen and oxygen atoms in total. The predicted octanol–water partition coefficient (Wildman–Crippen LogP) is 3.65. The van der Waals surface area contributed by atoms with Crippen LogP contribution in [0, 0.1) is 6.92 Å². The highest BCUT2D eigenvalue weighted by Crippen LogP contribution is 2.13. The zero-order valence-corrected chi connectivity index (χ0v) is 16.2.